The van der Waals surface area contributed by atoms with Gasteiger partial charge in [0.2, 0.25) is 5.95 Å². The van der Waals surface area contributed by atoms with Crippen LogP contribution in [0.15, 0.2) is 54.6 Å². The highest BCUT2D eigenvalue weighted by atomic mass is 15.3. The number of aryl methyl sites for hydroxylation is 2. The Bertz CT molecular complexity index is 946. The molecule has 1 aliphatic rings. The fraction of sp³-hybridized carbons (Fsp3) is 0.304. The van der Waals surface area contributed by atoms with Gasteiger partial charge in [0, 0.05) is 43.5 Å². The zero-order valence-corrected chi connectivity index (χ0v) is 16.8. The quantitative estimate of drug-likeness (QED) is 0.740. The minimum Gasteiger partial charge on any atom is -0.354 e. The Kier molecular flexibility index (Phi) is 5.26. The number of hydrogen-bond donors (Lipinski definition) is 1. The summed E-state index contributed by atoms with van der Waals surface area (Å²) >= 11 is 0. The van der Waals surface area contributed by atoms with E-state index in [9.17, 15) is 0 Å². The number of nitrogens with zero attached hydrogens (tertiary/aromatic N) is 4. The van der Waals surface area contributed by atoms with Crippen LogP contribution in [0.2, 0.25) is 0 Å². The number of nitrogens with one attached hydrogen (secondary N) is 1. The molecule has 4 rings (SSSR count). The maximum Gasteiger partial charge on any atom is 0.229 e. The van der Waals surface area contributed by atoms with E-state index < -0.39 is 0 Å². The van der Waals surface area contributed by atoms with Crippen molar-refractivity contribution in [2.45, 2.75) is 13.8 Å². The molecule has 2 heterocycles. The molecule has 3 aromatic rings. The van der Waals surface area contributed by atoms with Gasteiger partial charge in [-0.05, 0) is 32.5 Å². The Morgan fingerprint density at radius 1 is 0.857 bits per heavy atom. The highest BCUT2D eigenvalue weighted by molar-refractivity contribution is 5.67. The Morgan fingerprint density at radius 2 is 1.61 bits per heavy atom. The molecule has 0 saturated carbocycles. The van der Waals surface area contributed by atoms with E-state index in [1.807, 2.05) is 18.2 Å². The van der Waals surface area contributed by atoms with Gasteiger partial charge >= 0.3 is 0 Å². The molecular formula is C23H27N5. The Hall–Kier alpha value is -2.92. The topological polar surface area (TPSA) is 44.3 Å². The molecule has 0 atom stereocenters. The van der Waals surface area contributed by atoms with Gasteiger partial charge in [-0.15, -0.1) is 0 Å². The summed E-state index contributed by atoms with van der Waals surface area (Å²) in [6, 6.07) is 18.8. The summed E-state index contributed by atoms with van der Waals surface area (Å²) in [6.45, 7) is 8.26. The third-order valence-electron chi connectivity index (χ3n) is 5.24. The monoisotopic (exact) mass is 373 g/mol. The summed E-state index contributed by atoms with van der Waals surface area (Å²) in [7, 11) is 2.17. The maximum absolute atomic E-state index is 4.85. The standard InChI is InChI=1S/C23H27N5/c1-17-9-10-20(18(2)15-17)24-23-25-21(19-7-5-4-6-8-19)16-22(26-23)28-13-11-27(3)12-14-28/h4-10,15-16H,11-14H2,1-3H3,(H,24,25,26). The smallest absolute Gasteiger partial charge is 0.229 e. The van der Waals surface area contributed by atoms with E-state index in [-0.39, 0.29) is 0 Å². The van der Waals surface area contributed by atoms with E-state index in [1.54, 1.807) is 0 Å². The minimum absolute atomic E-state index is 0.641. The van der Waals surface area contributed by atoms with Crippen molar-refractivity contribution in [3.63, 3.8) is 0 Å². The first-order valence-electron chi connectivity index (χ1n) is 9.81. The van der Waals surface area contributed by atoms with Crippen LogP contribution in [-0.4, -0.2) is 48.1 Å². The first-order chi connectivity index (χ1) is 13.6. The Balaban J connectivity index is 1.71. The van der Waals surface area contributed by atoms with E-state index in [2.05, 4.69) is 72.4 Å². The normalized spacial score (nSPS) is 14.9. The van der Waals surface area contributed by atoms with Gasteiger partial charge in [-0.3, -0.25) is 0 Å². The number of benzene rings is 2. The van der Waals surface area contributed by atoms with E-state index in [0.717, 1.165) is 48.9 Å². The summed E-state index contributed by atoms with van der Waals surface area (Å²) in [4.78, 5) is 14.4. The molecule has 0 radical (unpaired) electrons. The summed E-state index contributed by atoms with van der Waals surface area (Å²) in [5.74, 6) is 1.62. The highest BCUT2D eigenvalue weighted by Gasteiger charge is 2.18. The number of piperazine rings is 1. The largest absolute Gasteiger partial charge is 0.354 e. The SMILES string of the molecule is Cc1ccc(Nc2nc(-c3ccccc3)cc(N3CCN(C)CC3)n2)c(C)c1. The fourth-order valence-corrected chi connectivity index (χ4v) is 3.52. The Morgan fingerprint density at radius 3 is 2.32 bits per heavy atom. The van der Waals surface area contributed by atoms with Crippen LogP contribution < -0.4 is 10.2 Å². The number of anilines is 3. The minimum atomic E-state index is 0.641. The van der Waals surface area contributed by atoms with Crippen LogP contribution in [0.5, 0.6) is 0 Å². The van der Waals surface area contributed by atoms with Crippen LogP contribution in [-0.2, 0) is 0 Å². The molecule has 28 heavy (non-hydrogen) atoms. The average Bonchev–Trinajstić information content (AvgIpc) is 2.71. The van der Waals surface area contributed by atoms with E-state index in [1.165, 1.54) is 11.1 Å². The van der Waals surface area contributed by atoms with Gasteiger partial charge in [0.1, 0.15) is 5.82 Å². The van der Waals surface area contributed by atoms with Gasteiger partial charge in [0.25, 0.3) is 0 Å². The zero-order valence-electron chi connectivity index (χ0n) is 16.8. The number of rotatable bonds is 4. The molecule has 1 N–H and O–H groups in total. The van der Waals surface area contributed by atoms with Crippen molar-refractivity contribution in [3.05, 3.63) is 65.7 Å². The van der Waals surface area contributed by atoms with Gasteiger partial charge in [0.05, 0.1) is 5.69 Å². The summed E-state index contributed by atoms with van der Waals surface area (Å²) in [6.07, 6.45) is 0. The fourth-order valence-electron chi connectivity index (χ4n) is 3.52. The summed E-state index contributed by atoms with van der Waals surface area (Å²) in [5, 5.41) is 3.44. The number of hydrogen-bond acceptors (Lipinski definition) is 5. The van der Waals surface area contributed by atoms with Crippen molar-refractivity contribution < 1.29 is 0 Å². The van der Waals surface area contributed by atoms with Gasteiger partial charge in [-0.2, -0.15) is 4.98 Å². The maximum atomic E-state index is 4.85. The molecular weight excluding hydrogens is 346 g/mol. The summed E-state index contributed by atoms with van der Waals surface area (Å²) in [5.41, 5.74) is 5.52. The van der Waals surface area contributed by atoms with Crippen molar-refractivity contribution in [1.29, 1.82) is 0 Å². The molecule has 1 saturated heterocycles. The molecule has 5 nitrogen and oxygen atoms in total. The first-order valence-corrected chi connectivity index (χ1v) is 9.81. The second-order valence-electron chi connectivity index (χ2n) is 7.53. The lowest BCUT2D eigenvalue weighted by molar-refractivity contribution is 0.312. The lowest BCUT2D eigenvalue weighted by Crippen LogP contribution is -2.44. The van der Waals surface area contributed by atoms with Crippen molar-refractivity contribution in [2.75, 3.05) is 43.4 Å². The molecule has 1 aromatic heterocycles. The zero-order chi connectivity index (χ0) is 19.5. The highest BCUT2D eigenvalue weighted by Crippen LogP contribution is 2.26. The van der Waals surface area contributed by atoms with Crippen molar-refractivity contribution >= 4 is 17.5 Å². The molecule has 1 fully saturated rings. The van der Waals surface area contributed by atoms with E-state index in [4.69, 9.17) is 9.97 Å². The first kappa shape index (κ1) is 18.4. The van der Waals surface area contributed by atoms with Gasteiger partial charge in [-0.1, -0.05) is 48.0 Å². The van der Waals surface area contributed by atoms with E-state index >= 15 is 0 Å². The molecule has 0 unspecified atom stereocenters. The lowest BCUT2D eigenvalue weighted by Gasteiger charge is -2.33. The predicted molar refractivity (Wildman–Crippen MR) is 116 cm³/mol. The van der Waals surface area contributed by atoms with Crippen molar-refractivity contribution in [2.24, 2.45) is 0 Å². The molecule has 0 amide bonds. The predicted octanol–water partition coefficient (Wildman–Crippen LogP) is 4.26. The summed E-state index contributed by atoms with van der Waals surface area (Å²) < 4.78 is 0. The molecule has 1 aliphatic heterocycles. The Labute approximate surface area is 167 Å². The average molecular weight is 374 g/mol. The van der Waals surface area contributed by atoms with Crippen LogP contribution in [0.4, 0.5) is 17.5 Å². The molecule has 5 heteroatoms. The van der Waals surface area contributed by atoms with Crippen LogP contribution in [0.25, 0.3) is 11.3 Å². The van der Waals surface area contributed by atoms with Crippen LogP contribution in [0.1, 0.15) is 11.1 Å². The second kappa shape index (κ2) is 7.98. The molecule has 2 aromatic carbocycles. The lowest BCUT2D eigenvalue weighted by atomic mass is 10.1. The molecule has 0 bridgehead atoms. The molecule has 0 spiro atoms. The number of aromatic nitrogens is 2. The third-order valence-corrected chi connectivity index (χ3v) is 5.24. The van der Waals surface area contributed by atoms with Crippen LogP contribution in [0, 0.1) is 13.8 Å². The molecule has 144 valence electrons. The van der Waals surface area contributed by atoms with E-state index in [0.29, 0.717) is 5.95 Å². The number of likely N-dealkylation sites (N-methyl/N-ethyl adjacent to an activating group) is 1. The van der Waals surface area contributed by atoms with Crippen molar-refractivity contribution in [1.82, 2.24) is 14.9 Å². The second-order valence-corrected chi connectivity index (χ2v) is 7.53. The third kappa shape index (κ3) is 4.15. The van der Waals surface area contributed by atoms with Crippen LogP contribution >= 0.6 is 0 Å². The van der Waals surface area contributed by atoms with Crippen molar-refractivity contribution in [3.8, 4) is 11.3 Å². The molecule has 0 aliphatic carbocycles. The van der Waals surface area contributed by atoms with Gasteiger partial charge in [-0.25, -0.2) is 4.98 Å². The van der Waals surface area contributed by atoms with Gasteiger partial charge in [0.15, 0.2) is 0 Å². The van der Waals surface area contributed by atoms with Gasteiger partial charge < -0.3 is 15.1 Å². The van der Waals surface area contributed by atoms with Crippen LogP contribution in [0.3, 0.4) is 0 Å².